The second-order valence-corrected chi connectivity index (χ2v) is 9.42. The lowest BCUT2D eigenvalue weighted by molar-refractivity contribution is -0.167. The number of thioether (sulfide) groups is 1. The number of hydrogen-bond donors (Lipinski definition) is 2. The van der Waals surface area contributed by atoms with Crippen LogP contribution in [-0.2, 0) is 15.1 Å². The van der Waals surface area contributed by atoms with Crippen LogP contribution in [0.25, 0.3) is 0 Å². The molecule has 2 aliphatic heterocycles. The molecule has 0 aliphatic carbocycles. The number of anilines is 1. The number of nitrogens with one attached hydrogen (secondary N) is 2. The van der Waals surface area contributed by atoms with E-state index in [2.05, 4.69) is 10.3 Å². The summed E-state index contributed by atoms with van der Waals surface area (Å²) in [6, 6.07) is 10.7. The molecule has 36 heavy (non-hydrogen) atoms. The van der Waals surface area contributed by atoms with E-state index in [-0.39, 0.29) is 16.5 Å². The molecule has 2 heterocycles. The number of amidine groups is 1. The maximum absolute atomic E-state index is 15.1. The number of ether oxygens (including phenoxy) is 1. The lowest BCUT2D eigenvalue weighted by Crippen LogP contribution is -2.47. The van der Waals surface area contributed by atoms with Crippen LogP contribution in [0.3, 0.4) is 0 Å². The molecular formula is C23H19F6N3O3S. The van der Waals surface area contributed by atoms with Gasteiger partial charge in [-0.05, 0) is 30.3 Å². The van der Waals surface area contributed by atoms with E-state index in [1.54, 1.807) is 35.6 Å². The highest BCUT2D eigenvalue weighted by Crippen LogP contribution is 2.51. The summed E-state index contributed by atoms with van der Waals surface area (Å²) in [4.78, 5) is 28.4. The predicted molar refractivity (Wildman–Crippen MR) is 120 cm³/mol. The highest BCUT2D eigenvalue weighted by atomic mass is 32.2. The molecule has 13 heteroatoms. The fraction of sp³-hybridized carbons (Fsp3) is 0.348. The second-order valence-electron chi connectivity index (χ2n) is 8.41. The van der Waals surface area contributed by atoms with Gasteiger partial charge in [-0.3, -0.25) is 9.59 Å². The number of benzene rings is 2. The molecule has 1 saturated heterocycles. The topological polar surface area (TPSA) is 79.8 Å². The Bertz CT molecular complexity index is 1200. The van der Waals surface area contributed by atoms with Gasteiger partial charge in [0.2, 0.25) is 0 Å². The second kappa shape index (κ2) is 9.43. The number of fused-ring (bicyclic) bond motifs is 1. The van der Waals surface area contributed by atoms with Crippen molar-refractivity contribution in [3.63, 3.8) is 0 Å². The van der Waals surface area contributed by atoms with Crippen molar-refractivity contribution in [1.29, 1.82) is 0 Å². The number of carbonyl (C=O) groups is 2. The smallest absolute Gasteiger partial charge is 0.369 e. The van der Waals surface area contributed by atoms with Crippen molar-refractivity contribution in [2.24, 2.45) is 10.9 Å². The van der Waals surface area contributed by atoms with Crippen LogP contribution in [0.2, 0.25) is 0 Å². The number of amides is 2. The molecular weight excluding hydrogens is 512 g/mol. The summed E-state index contributed by atoms with van der Waals surface area (Å²) in [7, 11) is 0. The molecule has 0 radical (unpaired) electrons. The van der Waals surface area contributed by atoms with Crippen LogP contribution >= 0.6 is 11.8 Å². The average Bonchev–Trinajstić information content (AvgIpc) is 3.20. The molecule has 3 atom stereocenters. The first kappa shape index (κ1) is 26.0. The van der Waals surface area contributed by atoms with Crippen molar-refractivity contribution in [2.75, 3.05) is 17.7 Å². The van der Waals surface area contributed by atoms with E-state index in [0.717, 1.165) is 30.0 Å². The van der Waals surface area contributed by atoms with Gasteiger partial charge in [-0.15, -0.1) is 0 Å². The fourth-order valence-electron chi connectivity index (χ4n) is 4.21. The maximum atomic E-state index is 15.1. The van der Waals surface area contributed by atoms with E-state index in [9.17, 15) is 31.5 Å². The molecule has 4 rings (SSSR count). The molecule has 1 unspecified atom stereocenters. The first-order valence-corrected chi connectivity index (χ1v) is 11.6. The minimum absolute atomic E-state index is 0.00732. The Labute approximate surface area is 205 Å². The van der Waals surface area contributed by atoms with E-state index >= 15 is 4.39 Å². The van der Waals surface area contributed by atoms with Crippen molar-refractivity contribution in [3.05, 3.63) is 65.5 Å². The molecule has 2 aliphatic rings. The molecule has 0 bridgehead atoms. The van der Waals surface area contributed by atoms with Crippen LogP contribution in [0.1, 0.15) is 22.8 Å². The molecule has 0 saturated carbocycles. The van der Waals surface area contributed by atoms with Gasteiger partial charge < -0.3 is 15.4 Å². The van der Waals surface area contributed by atoms with Crippen molar-refractivity contribution in [3.8, 4) is 0 Å². The first-order chi connectivity index (χ1) is 16.8. The summed E-state index contributed by atoms with van der Waals surface area (Å²) in [5.74, 6) is -8.26. The Morgan fingerprint density at radius 2 is 1.78 bits per heavy atom. The van der Waals surface area contributed by atoms with Gasteiger partial charge in [-0.25, -0.2) is 18.2 Å². The van der Waals surface area contributed by atoms with Gasteiger partial charge in [-0.1, -0.05) is 30.0 Å². The Balaban J connectivity index is 1.76. The number of halogens is 6. The largest absolute Gasteiger partial charge is 0.471 e. The Kier molecular flexibility index (Phi) is 6.82. The van der Waals surface area contributed by atoms with Gasteiger partial charge >= 0.3 is 12.1 Å². The molecule has 2 aromatic carbocycles. The van der Waals surface area contributed by atoms with Gasteiger partial charge in [0.05, 0.1) is 6.61 Å². The molecule has 0 spiro atoms. The van der Waals surface area contributed by atoms with E-state index in [1.165, 1.54) is 0 Å². The SMILES string of the molecule is CC(F)(F)[C@H]1OC[C@]2(c3cc(NC(=O)C(F)(F)F)ccc3F)N=C(NC(=O)c3ccccc3)SCC12. The number of rotatable bonds is 4. The maximum Gasteiger partial charge on any atom is 0.471 e. The number of aliphatic imine (C=N–C) groups is 1. The van der Waals surface area contributed by atoms with Crippen LogP contribution in [0.5, 0.6) is 0 Å². The molecule has 0 aromatic heterocycles. The van der Waals surface area contributed by atoms with Crippen LogP contribution in [0, 0.1) is 11.7 Å². The number of nitrogens with zero attached hydrogens (tertiary/aromatic N) is 1. The van der Waals surface area contributed by atoms with Gasteiger partial charge in [-0.2, -0.15) is 13.2 Å². The van der Waals surface area contributed by atoms with Crippen LogP contribution in [-0.4, -0.2) is 47.5 Å². The first-order valence-electron chi connectivity index (χ1n) is 10.6. The summed E-state index contributed by atoms with van der Waals surface area (Å²) in [6.07, 6.45) is -6.87. The zero-order chi connectivity index (χ0) is 26.3. The van der Waals surface area contributed by atoms with Crippen molar-refractivity contribution >= 4 is 34.4 Å². The van der Waals surface area contributed by atoms with Crippen LogP contribution < -0.4 is 10.6 Å². The molecule has 6 nitrogen and oxygen atoms in total. The summed E-state index contributed by atoms with van der Waals surface area (Å²) in [6.45, 7) is 0.121. The number of hydrogen-bond acceptors (Lipinski definition) is 5. The van der Waals surface area contributed by atoms with E-state index in [0.29, 0.717) is 12.5 Å². The van der Waals surface area contributed by atoms with Gasteiger partial charge in [0.1, 0.15) is 17.5 Å². The van der Waals surface area contributed by atoms with Gasteiger partial charge in [0, 0.05) is 35.4 Å². The molecule has 2 N–H and O–H groups in total. The third-order valence-electron chi connectivity index (χ3n) is 5.87. The molecule has 1 fully saturated rings. The summed E-state index contributed by atoms with van der Waals surface area (Å²) in [5, 5.41) is 4.21. The van der Waals surface area contributed by atoms with Crippen LogP contribution in [0.4, 0.5) is 32.0 Å². The third-order valence-corrected chi connectivity index (χ3v) is 6.86. The quantitative estimate of drug-likeness (QED) is 0.560. The summed E-state index contributed by atoms with van der Waals surface area (Å²) in [5.41, 5.74) is -2.25. The average molecular weight is 531 g/mol. The van der Waals surface area contributed by atoms with E-state index < -0.39 is 59.6 Å². The lowest BCUT2D eigenvalue weighted by Gasteiger charge is -2.37. The minimum atomic E-state index is -5.20. The zero-order valence-corrected chi connectivity index (χ0v) is 19.4. The van der Waals surface area contributed by atoms with Crippen molar-refractivity contribution in [2.45, 2.75) is 30.7 Å². The standard InChI is InChI=1S/C23H19F6N3O3S/c1-21(25,26)17-15-10-36-20(31-18(33)12-5-3-2-4-6-12)32-22(15,11-35-17)14-9-13(7-8-16(14)24)30-19(34)23(27,28)29/h2-9,15,17H,10-11H2,1H3,(H,30,34)(H,31,32,33)/t15?,17-,22+/m0/s1. The van der Waals surface area contributed by atoms with Crippen LogP contribution in [0.15, 0.2) is 53.5 Å². The Morgan fingerprint density at radius 3 is 2.42 bits per heavy atom. The summed E-state index contributed by atoms with van der Waals surface area (Å²) < 4.78 is 87.4. The minimum Gasteiger partial charge on any atom is -0.369 e. The Hall–Kier alpha value is -3.06. The van der Waals surface area contributed by atoms with Crippen molar-refractivity contribution < 1.29 is 40.7 Å². The molecule has 2 amide bonds. The number of alkyl halides is 5. The van der Waals surface area contributed by atoms with Gasteiger partial charge in [0.25, 0.3) is 11.8 Å². The Morgan fingerprint density at radius 1 is 1.08 bits per heavy atom. The zero-order valence-electron chi connectivity index (χ0n) is 18.5. The number of carbonyl (C=O) groups excluding carboxylic acids is 2. The monoisotopic (exact) mass is 531 g/mol. The molecule has 2 aromatic rings. The molecule has 192 valence electrons. The predicted octanol–water partition coefficient (Wildman–Crippen LogP) is 4.72. The van der Waals surface area contributed by atoms with E-state index in [4.69, 9.17) is 4.74 Å². The van der Waals surface area contributed by atoms with Crippen molar-refractivity contribution in [1.82, 2.24) is 5.32 Å². The highest BCUT2D eigenvalue weighted by molar-refractivity contribution is 8.13. The van der Waals surface area contributed by atoms with E-state index in [1.807, 2.05) is 0 Å². The summed E-state index contributed by atoms with van der Waals surface area (Å²) >= 11 is 0.964. The van der Waals surface area contributed by atoms with Gasteiger partial charge in [0.15, 0.2) is 5.17 Å². The normalized spacial score (nSPS) is 24.0. The highest BCUT2D eigenvalue weighted by Gasteiger charge is 2.60. The lowest BCUT2D eigenvalue weighted by atomic mass is 9.77. The fourth-order valence-corrected chi connectivity index (χ4v) is 5.39. The third kappa shape index (κ3) is 5.07.